The molecule has 0 bridgehead atoms. The minimum absolute atomic E-state index is 0.211. The van der Waals surface area contributed by atoms with Crippen LogP contribution < -0.4 is 5.32 Å². The zero-order valence-electron chi connectivity index (χ0n) is 16.6. The largest absolute Gasteiger partial charge is 0.341 e. The fourth-order valence-electron chi connectivity index (χ4n) is 3.30. The third-order valence-electron chi connectivity index (χ3n) is 4.80. The maximum absolute atomic E-state index is 13.1. The predicted molar refractivity (Wildman–Crippen MR) is 120 cm³/mol. The van der Waals surface area contributed by atoms with Crippen molar-refractivity contribution in [1.82, 2.24) is 29.7 Å². The molecule has 0 saturated heterocycles. The molecule has 3 heterocycles. The van der Waals surface area contributed by atoms with E-state index in [1.165, 1.54) is 0 Å². The number of rotatable bonds is 7. The molecule has 3 aromatic heterocycles. The molecule has 0 fully saturated rings. The van der Waals surface area contributed by atoms with Crippen LogP contribution in [-0.2, 0) is 7.05 Å². The topological polar surface area (TPSA) is 77.1 Å². The molecular formula is C21H21ClN6OS. The Morgan fingerprint density at radius 3 is 2.87 bits per heavy atom. The lowest BCUT2D eigenvalue weighted by Gasteiger charge is -2.17. The minimum atomic E-state index is -0.271. The maximum Gasteiger partial charge on any atom is 0.270 e. The Hall–Kier alpha value is -2.84. The van der Waals surface area contributed by atoms with Gasteiger partial charge in [0.05, 0.1) is 11.7 Å². The summed E-state index contributed by atoms with van der Waals surface area (Å²) in [7, 11) is 1.76. The summed E-state index contributed by atoms with van der Waals surface area (Å²) in [6, 6.07) is 14.6. The molecule has 1 amide bonds. The van der Waals surface area contributed by atoms with Gasteiger partial charge in [0.2, 0.25) is 0 Å². The van der Waals surface area contributed by atoms with Crippen LogP contribution >= 0.6 is 23.4 Å². The summed E-state index contributed by atoms with van der Waals surface area (Å²) in [5.74, 6) is 1.38. The van der Waals surface area contributed by atoms with Crippen molar-refractivity contribution >= 4 is 34.9 Å². The van der Waals surface area contributed by atoms with Gasteiger partial charge in [-0.05, 0) is 48.8 Å². The van der Waals surface area contributed by atoms with Gasteiger partial charge in [-0.3, -0.25) is 13.9 Å². The quantitative estimate of drug-likeness (QED) is 0.470. The Balaban J connectivity index is 1.61. The average molecular weight is 441 g/mol. The number of amides is 1. The highest BCUT2D eigenvalue weighted by molar-refractivity contribution is 7.98. The number of aromatic nitrogens is 5. The van der Waals surface area contributed by atoms with Crippen LogP contribution in [0, 0.1) is 0 Å². The summed E-state index contributed by atoms with van der Waals surface area (Å²) < 4.78 is 3.49. The van der Waals surface area contributed by atoms with Gasteiger partial charge in [0.15, 0.2) is 11.5 Å². The molecule has 1 N–H and O–H groups in total. The summed E-state index contributed by atoms with van der Waals surface area (Å²) in [4.78, 5) is 13.1. The van der Waals surface area contributed by atoms with Gasteiger partial charge in [-0.1, -0.05) is 29.8 Å². The van der Waals surface area contributed by atoms with Crippen LogP contribution in [0.25, 0.3) is 16.9 Å². The Morgan fingerprint density at radius 1 is 1.20 bits per heavy atom. The number of thioether (sulfide) groups is 1. The van der Waals surface area contributed by atoms with Crippen LogP contribution in [0.5, 0.6) is 0 Å². The van der Waals surface area contributed by atoms with E-state index >= 15 is 0 Å². The fourth-order valence-corrected chi connectivity index (χ4v) is 3.96. The SMILES string of the molecule is CSCCC(NC(=O)c1cc(-c2cccc(Cl)c2)nn1C)c1nnc2ccccn12. The molecule has 1 unspecified atom stereocenters. The summed E-state index contributed by atoms with van der Waals surface area (Å²) in [6.07, 6.45) is 4.69. The zero-order valence-corrected chi connectivity index (χ0v) is 18.2. The van der Waals surface area contributed by atoms with Crippen molar-refractivity contribution in [3.63, 3.8) is 0 Å². The number of carbonyl (C=O) groups is 1. The van der Waals surface area contributed by atoms with E-state index in [4.69, 9.17) is 11.6 Å². The lowest BCUT2D eigenvalue weighted by Crippen LogP contribution is -2.31. The molecule has 30 heavy (non-hydrogen) atoms. The molecule has 4 rings (SSSR count). The monoisotopic (exact) mass is 440 g/mol. The van der Waals surface area contributed by atoms with Gasteiger partial charge >= 0.3 is 0 Å². The van der Waals surface area contributed by atoms with Gasteiger partial charge in [-0.2, -0.15) is 16.9 Å². The second-order valence-electron chi connectivity index (χ2n) is 6.84. The lowest BCUT2D eigenvalue weighted by atomic mass is 10.1. The molecule has 0 radical (unpaired) electrons. The lowest BCUT2D eigenvalue weighted by molar-refractivity contribution is 0.0924. The van der Waals surface area contributed by atoms with Gasteiger partial charge in [0, 0.05) is 23.8 Å². The number of nitrogens with one attached hydrogen (secondary N) is 1. The Labute approximate surface area is 183 Å². The fraction of sp³-hybridized carbons (Fsp3) is 0.238. The third-order valence-corrected chi connectivity index (χ3v) is 5.68. The molecule has 1 atom stereocenters. The Bertz CT molecular complexity index is 1190. The molecule has 0 aliphatic heterocycles. The number of aryl methyl sites for hydroxylation is 1. The Kier molecular flexibility index (Phi) is 6.06. The second kappa shape index (κ2) is 8.89. The average Bonchev–Trinajstić information content (AvgIpc) is 3.35. The van der Waals surface area contributed by atoms with Crippen LogP contribution in [0.1, 0.15) is 28.8 Å². The van der Waals surface area contributed by atoms with Crippen LogP contribution in [0.3, 0.4) is 0 Å². The summed E-state index contributed by atoms with van der Waals surface area (Å²) >= 11 is 7.82. The van der Waals surface area contributed by atoms with Crippen molar-refractivity contribution in [2.75, 3.05) is 12.0 Å². The van der Waals surface area contributed by atoms with Gasteiger partial charge in [-0.15, -0.1) is 10.2 Å². The number of hydrogen-bond acceptors (Lipinski definition) is 5. The molecule has 0 saturated carbocycles. The van der Waals surface area contributed by atoms with E-state index in [-0.39, 0.29) is 11.9 Å². The minimum Gasteiger partial charge on any atom is -0.341 e. The number of hydrogen-bond donors (Lipinski definition) is 1. The van der Waals surface area contributed by atoms with E-state index < -0.39 is 0 Å². The number of carbonyl (C=O) groups excluding carboxylic acids is 1. The van der Waals surface area contributed by atoms with Crippen molar-refractivity contribution in [3.8, 4) is 11.3 Å². The predicted octanol–water partition coefficient (Wildman–Crippen LogP) is 4.01. The molecular weight excluding hydrogens is 420 g/mol. The first-order valence-electron chi connectivity index (χ1n) is 9.46. The second-order valence-corrected chi connectivity index (χ2v) is 8.27. The van der Waals surface area contributed by atoms with Crippen LogP contribution in [-0.4, -0.2) is 42.3 Å². The van der Waals surface area contributed by atoms with Gasteiger partial charge < -0.3 is 5.32 Å². The van der Waals surface area contributed by atoms with Crippen molar-refractivity contribution in [2.24, 2.45) is 7.05 Å². The van der Waals surface area contributed by atoms with Crippen LogP contribution in [0.4, 0.5) is 0 Å². The standard InChI is InChI=1S/C21H21ClN6OS/c1-27-18(13-17(26-27)14-6-5-7-15(22)12-14)21(29)23-16(9-11-30-2)20-25-24-19-8-3-4-10-28(19)20/h3-8,10,12-13,16H,9,11H2,1-2H3,(H,23,29). The number of pyridine rings is 1. The molecule has 0 aliphatic rings. The highest BCUT2D eigenvalue weighted by Gasteiger charge is 2.23. The third kappa shape index (κ3) is 4.20. The van der Waals surface area contributed by atoms with E-state index in [2.05, 4.69) is 20.6 Å². The first-order chi connectivity index (χ1) is 14.6. The Morgan fingerprint density at radius 2 is 2.07 bits per heavy atom. The van der Waals surface area contributed by atoms with E-state index in [0.717, 1.165) is 23.4 Å². The molecule has 9 heteroatoms. The number of benzene rings is 1. The smallest absolute Gasteiger partial charge is 0.270 e. The van der Waals surface area contributed by atoms with Crippen molar-refractivity contribution in [3.05, 3.63) is 71.3 Å². The van der Waals surface area contributed by atoms with Gasteiger partial charge in [0.25, 0.3) is 5.91 Å². The molecule has 4 aromatic rings. The molecule has 0 aliphatic carbocycles. The van der Waals surface area contributed by atoms with Crippen molar-refractivity contribution in [1.29, 1.82) is 0 Å². The normalized spacial score (nSPS) is 12.2. The van der Waals surface area contributed by atoms with E-state index in [9.17, 15) is 4.79 Å². The maximum atomic E-state index is 13.1. The van der Waals surface area contributed by atoms with Gasteiger partial charge in [0.1, 0.15) is 5.69 Å². The summed E-state index contributed by atoms with van der Waals surface area (Å²) in [5, 5.41) is 16.8. The van der Waals surface area contributed by atoms with Crippen molar-refractivity contribution < 1.29 is 4.79 Å². The molecule has 154 valence electrons. The van der Waals surface area contributed by atoms with E-state index in [0.29, 0.717) is 22.2 Å². The molecule has 1 aromatic carbocycles. The van der Waals surface area contributed by atoms with E-state index in [1.54, 1.807) is 35.6 Å². The van der Waals surface area contributed by atoms with E-state index in [1.807, 2.05) is 53.3 Å². The zero-order chi connectivity index (χ0) is 21.1. The molecule has 0 spiro atoms. The summed E-state index contributed by atoms with van der Waals surface area (Å²) in [5.41, 5.74) is 2.77. The van der Waals surface area contributed by atoms with Gasteiger partial charge in [-0.25, -0.2) is 0 Å². The number of nitrogens with zero attached hydrogens (tertiary/aromatic N) is 5. The highest BCUT2D eigenvalue weighted by Crippen LogP contribution is 2.23. The highest BCUT2D eigenvalue weighted by atomic mass is 35.5. The number of halogens is 1. The van der Waals surface area contributed by atoms with Crippen LogP contribution in [0.15, 0.2) is 54.7 Å². The molecule has 7 nitrogen and oxygen atoms in total. The van der Waals surface area contributed by atoms with Crippen molar-refractivity contribution in [2.45, 2.75) is 12.5 Å². The van der Waals surface area contributed by atoms with Crippen LogP contribution in [0.2, 0.25) is 5.02 Å². The number of fused-ring (bicyclic) bond motifs is 1. The summed E-state index contributed by atoms with van der Waals surface area (Å²) in [6.45, 7) is 0. The first kappa shape index (κ1) is 20.4. The first-order valence-corrected chi connectivity index (χ1v) is 11.2.